The zero-order valence-electron chi connectivity index (χ0n) is 23.8. The highest BCUT2D eigenvalue weighted by molar-refractivity contribution is 5.99. The molecule has 1 aliphatic heterocycles. The first kappa shape index (κ1) is 27.5. The van der Waals surface area contributed by atoms with Crippen LogP contribution in [0, 0.1) is 13.8 Å². The third-order valence-corrected chi connectivity index (χ3v) is 7.87. The Bertz CT molecular complexity index is 1590. The number of hydrogen-bond donors (Lipinski definition) is 0. The summed E-state index contributed by atoms with van der Waals surface area (Å²) in [5.41, 5.74) is 4.46. The van der Waals surface area contributed by atoms with E-state index in [0.29, 0.717) is 47.7 Å². The number of carbonyl (C=O) groups is 1. The molecule has 208 valence electrons. The molecule has 1 amide bonds. The van der Waals surface area contributed by atoms with Gasteiger partial charge in [-0.1, -0.05) is 50.2 Å². The molecule has 0 radical (unpaired) electrons. The van der Waals surface area contributed by atoms with E-state index in [4.69, 9.17) is 13.9 Å². The fraction of sp³-hybridized carbons (Fsp3) is 0.333. The molecule has 1 aromatic heterocycles. The van der Waals surface area contributed by atoms with Crippen molar-refractivity contribution in [2.45, 2.75) is 40.3 Å². The van der Waals surface area contributed by atoms with E-state index >= 15 is 0 Å². The van der Waals surface area contributed by atoms with Gasteiger partial charge in [-0.25, -0.2) is 0 Å². The van der Waals surface area contributed by atoms with Crippen LogP contribution in [-0.4, -0.2) is 49.0 Å². The van der Waals surface area contributed by atoms with Crippen molar-refractivity contribution in [1.82, 2.24) is 9.80 Å². The molecule has 0 saturated heterocycles. The van der Waals surface area contributed by atoms with Crippen molar-refractivity contribution in [2.75, 3.05) is 33.3 Å². The Kier molecular flexibility index (Phi) is 7.94. The molecule has 7 heteroatoms. The van der Waals surface area contributed by atoms with E-state index in [1.165, 1.54) is 0 Å². The van der Waals surface area contributed by atoms with Crippen LogP contribution in [0.15, 0.2) is 69.9 Å². The summed E-state index contributed by atoms with van der Waals surface area (Å²) in [5.74, 6) is 0.974. The summed E-state index contributed by atoms with van der Waals surface area (Å²) in [7, 11) is 1.59. The highest BCUT2D eigenvalue weighted by Crippen LogP contribution is 2.41. The highest BCUT2D eigenvalue weighted by Gasteiger charge is 2.43. The van der Waals surface area contributed by atoms with Gasteiger partial charge in [-0.3, -0.25) is 9.59 Å². The molecule has 2 heterocycles. The Hall–Kier alpha value is -4.10. The summed E-state index contributed by atoms with van der Waals surface area (Å²) >= 11 is 0. The molecule has 1 aliphatic rings. The van der Waals surface area contributed by atoms with Crippen LogP contribution in [0.3, 0.4) is 0 Å². The summed E-state index contributed by atoms with van der Waals surface area (Å²) in [5, 5.41) is 0.486. The molecule has 0 aliphatic carbocycles. The number of hydrogen-bond acceptors (Lipinski definition) is 6. The van der Waals surface area contributed by atoms with Crippen molar-refractivity contribution >= 4 is 16.9 Å². The minimum absolute atomic E-state index is 0.119. The van der Waals surface area contributed by atoms with Gasteiger partial charge in [0.05, 0.1) is 24.1 Å². The first-order valence-electron chi connectivity index (χ1n) is 13.8. The van der Waals surface area contributed by atoms with Crippen LogP contribution in [0.2, 0.25) is 0 Å². The summed E-state index contributed by atoms with van der Waals surface area (Å²) in [4.78, 5) is 31.8. The number of carbonyl (C=O) groups excluding carboxylic acids is 1. The third-order valence-electron chi connectivity index (χ3n) is 7.87. The number of rotatable bonds is 10. The number of ether oxygens (including phenoxy) is 2. The lowest BCUT2D eigenvalue weighted by molar-refractivity contribution is 0.0708. The number of benzene rings is 3. The fourth-order valence-corrected chi connectivity index (χ4v) is 5.35. The van der Waals surface area contributed by atoms with Crippen LogP contribution >= 0.6 is 0 Å². The topological polar surface area (TPSA) is 72.2 Å². The number of nitrogens with zero attached hydrogens (tertiary/aromatic N) is 2. The number of methoxy groups -OCH3 is 1. The SMILES string of the molecule is CCN(CC)CCN1C(=O)c2oc3cc(C)c(C)cc3c(=O)c2C1c1ccc(OCc2ccccc2)c(OC)c1. The molecular weight excluding hydrogens is 504 g/mol. The van der Waals surface area contributed by atoms with Crippen molar-refractivity contribution in [2.24, 2.45) is 0 Å². The molecule has 3 aromatic carbocycles. The van der Waals surface area contributed by atoms with Crippen LogP contribution < -0.4 is 14.9 Å². The lowest BCUT2D eigenvalue weighted by Gasteiger charge is -2.28. The molecule has 4 aromatic rings. The summed E-state index contributed by atoms with van der Waals surface area (Å²) in [6.45, 7) is 11.4. The molecule has 7 nitrogen and oxygen atoms in total. The Balaban J connectivity index is 1.59. The lowest BCUT2D eigenvalue weighted by Crippen LogP contribution is -2.37. The van der Waals surface area contributed by atoms with E-state index in [1.54, 1.807) is 12.0 Å². The van der Waals surface area contributed by atoms with E-state index in [0.717, 1.165) is 35.3 Å². The Morgan fingerprint density at radius 1 is 0.925 bits per heavy atom. The molecule has 0 spiro atoms. The molecular formula is C33H36N2O5. The zero-order chi connectivity index (χ0) is 28.4. The van der Waals surface area contributed by atoms with Gasteiger partial charge in [0.15, 0.2) is 16.9 Å². The minimum atomic E-state index is -0.600. The number of likely N-dealkylation sites (N-methyl/N-ethyl adjacent to an activating group) is 1. The second-order valence-corrected chi connectivity index (χ2v) is 10.2. The fourth-order valence-electron chi connectivity index (χ4n) is 5.35. The predicted octanol–water partition coefficient (Wildman–Crippen LogP) is 5.88. The van der Waals surface area contributed by atoms with Gasteiger partial charge >= 0.3 is 0 Å². The van der Waals surface area contributed by atoms with Crippen molar-refractivity contribution in [3.05, 3.63) is 104 Å². The number of fused-ring (bicyclic) bond motifs is 2. The van der Waals surface area contributed by atoms with E-state index in [1.807, 2.05) is 74.5 Å². The smallest absolute Gasteiger partial charge is 0.290 e. The van der Waals surface area contributed by atoms with Crippen LogP contribution in [0.5, 0.6) is 11.5 Å². The van der Waals surface area contributed by atoms with Gasteiger partial charge in [0.25, 0.3) is 5.91 Å². The first-order chi connectivity index (χ1) is 19.4. The molecule has 0 fully saturated rings. The lowest BCUT2D eigenvalue weighted by atomic mass is 9.97. The maximum atomic E-state index is 14.0. The molecule has 0 bridgehead atoms. The van der Waals surface area contributed by atoms with Crippen LogP contribution in [0.4, 0.5) is 0 Å². The first-order valence-corrected chi connectivity index (χ1v) is 13.8. The van der Waals surface area contributed by atoms with E-state index in [9.17, 15) is 9.59 Å². The van der Waals surface area contributed by atoms with Gasteiger partial charge in [-0.2, -0.15) is 0 Å². The van der Waals surface area contributed by atoms with Crippen LogP contribution in [0.25, 0.3) is 11.0 Å². The monoisotopic (exact) mass is 540 g/mol. The molecule has 1 atom stereocenters. The normalized spacial score (nSPS) is 14.7. The Morgan fingerprint density at radius 2 is 1.65 bits per heavy atom. The van der Waals surface area contributed by atoms with Crippen LogP contribution in [0.1, 0.15) is 58.3 Å². The van der Waals surface area contributed by atoms with Gasteiger partial charge in [-0.05, 0) is 73.5 Å². The molecule has 40 heavy (non-hydrogen) atoms. The average molecular weight is 541 g/mol. The van der Waals surface area contributed by atoms with E-state index < -0.39 is 6.04 Å². The molecule has 1 unspecified atom stereocenters. The molecule has 0 N–H and O–H groups in total. The second kappa shape index (κ2) is 11.6. The summed E-state index contributed by atoms with van der Waals surface area (Å²) < 4.78 is 18.0. The van der Waals surface area contributed by atoms with Gasteiger partial charge in [0, 0.05) is 13.1 Å². The number of amides is 1. The Labute approximate surface area is 234 Å². The molecule has 5 rings (SSSR count). The molecule has 0 saturated carbocycles. The summed E-state index contributed by atoms with van der Waals surface area (Å²) in [6, 6.07) is 18.6. The average Bonchev–Trinajstić information content (AvgIpc) is 3.25. The van der Waals surface area contributed by atoms with Crippen molar-refractivity contribution < 1.29 is 18.7 Å². The van der Waals surface area contributed by atoms with Gasteiger partial charge < -0.3 is 23.7 Å². The maximum absolute atomic E-state index is 14.0. The highest BCUT2D eigenvalue weighted by atomic mass is 16.5. The zero-order valence-corrected chi connectivity index (χ0v) is 23.8. The van der Waals surface area contributed by atoms with E-state index in [-0.39, 0.29) is 17.1 Å². The van der Waals surface area contributed by atoms with Crippen molar-refractivity contribution in [3.8, 4) is 11.5 Å². The van der Waals surface area contributed by atoms with Gasteiger partial charge in [0.1, 0.15) is 12.2 Å². The summed E-state index contributed by atoms with van der Waals surface area (Å²) in [6.07, 6.45) is 0. The third kappa shape index (κ3) is 5.09. The van der Waals surface area contributed by atoms with Crippen molar-refractivity contribution in [3.63, 3.8) is 0 Å². The quantitative estimate of drug-likeness (QED) is 0.250. The second-order valence-electron chi connectivity index (χ2n) is 10.2. The van der Waals surface area contributed by atoms with Crippen LogP contribution in [-0.2, 0) is 6.61 Å². The largest absolute Gasteiger partial charge is 0.493 e. The minimum Gasteiger partial charge on any atom is -0.493 e. The maximum Gasteiger partial charge on any atom is 0.290 e. The van der Waals surface area contributed by atoms with Crippen molar-refractivity contribution in [1.29, 1.82) is 0 Å². The van der Waals surface area contributed by atoms with Gasteiger partial charge in [0.2, 0.25) is 5.76 Å². The van der Waals surface area contributed by atoms with E-state index in [2.05, 4.69) is 18.7 Å². The standard InChI is InChI=1S/C33H36N2O5/c1-6-34(7-2)15-16-35-30(24-13-14-26(28(19-24)38-5)39-20-23-11-9-8-10-12-23)29-31(36)25-17-21(3)22(4)18-27(25)40-32(29)33(35)37/h8-14,17-19,30H,6-7,15-16,20H2,1-5H3. The number of aryl methyl sites for hydroxylation is 2. The predicted molar refractivity (Wildman–Crippen MR) is 156 cm³/mol. The Morgan fingerprint density at radius 3 is 2.35 bits per heavy atom. The van der Waals surface area contributed by atoms with Gasteiger partial charge in [-0.15, -0.1) is 0 Å².